The van der Waals surface area contributed by atoms with Crippen molar-refractivity contribution < 1.29 is 4.74 Å². The van der Waals surface area contributed by atoms with Crippen molar-refractivity contribution in [3.05, 3.63) is 33.8 Å². The third kappa shape index (κ3) is 6.15. The molecule has 0 amide bonds. The number of benzene rings is 1. The van der Waals surface area contributed by atoms with Gasteiger partial charge in [0.2, 0.25) is 0 Å². The van der Waals surface area contributed by atoms with E-state index in [-0.39, 0.29) is 12.1 Å². The van der Waals surface area contributed by atoms with Gasteiger partial charge in [0, 0.05) is 22.7 Å². The van der Waals surface area contributed by atoms with E-state index in [1.807, 2.05) is 25.1 Å². The van der Waals surface area contributed by atoms with Gasteiger partial charge in [-0.15, -0.1) is 0 Å². The molecule has 1 rings (SSSR count). The average molecular weight is 332 g/mol. The van der Waals surface area contributed by atoms with Crippen LogP contribution < -0.4 is 5.32 Å². The van der Waals surface area contributed by atoms with Gasteiger partial charge in [0.05, 0.1) is 6.10 Å². The number of nitrogens with one attached hydrogen (secondary N) is 1. The van der Waals surface area contributed by atoms with Crippen LogP contribution in [0.5, 0.6) is 0 Å². The normalized spacial score (nSPS) is 14.4. The van der Waals surface area contributed by atoms with Crippen LogP contribution in [0.3, 0.4) is 0 Å². The Kier molecular flexibility index (Phi) is 8.65. The van der Waals surface area contributed by atoms with E-state index < -0.39 is 0 Å². The van der Waals surface area contributed by atoms with Gasteiger partial charge in [0.15, 0.2) is 0 Å². The van der Waals surface area contributed by atoms with Crippen LogP contribution in [0.2, 0.25) is 10.0 Å². The summed E-state index contributed by atoms with van der Waals surface area (Å²) in [5, 5.41) is 5.09. The zero-order valence-corrected chi connectivity index (χ0v) is 15.0. The molecule has 2 unspecified atom stereocenters. The molecule has 2 atom stereocenters. The van der Waals surface area contributed by atoms with Crippen molar-refractivity contribution in [2.24, 2.45) is 5.92 Å². The molecule has 1 N–H and O–H groups in total. The molecule has 0 saturated carbocycles. The van der Waals surface area contributed by atoms with Crippen LogP contribution in [0.15, 0.2) is 18.2 Å². The van der Waals surface area contributed by atoms with E-state index in [1.54, 1.807) is 0 Å². The minimum atomic E-state index is 0.164. The summed E-state index contributed by atoms with van der Waals surface area (Å²) in [6, 6.07) is 5.88. The number of rotatable bonds is 9. The largest absolute Gasteiger partial charge is 0.377 e. The Morgan fingerprint density at radius 2 is 1.90 bits per heavy atom. The number of hydrogen-bond acceptors (Lipinski definition) is 2. The van der Waals surface area contributed by atoms with E-state index >= 15 is 0 Å². The lowest BCUT2D eigenvalue weighted by Gasteiger charge is -2.31. The highest BCUT2D eigenvalue weighted by molar-refractivity contribution is 6.33. The van der Waals surface area contributed by atoms with Gasteiger partial charge in [-0.3, -0.25) is 0 Å². The fourth-order valence-corrected chi connectivity index (χ4v) is 2.93. The molecule has 0 heterocycles. The smallest absolute Gasteiger partial charge is 0.0753 e. The van der Waals surface area contributed by atoms with E-state index in [2.05, 4.69) is 26.1 Å². The third-order valence-electron chi connectivity index (χ3n) is 3.52. The standard InChI is InChI=1S/C17H27Cl2NO/c1-5-9-20-16(17(12(3)4)21-6-2)11-13-10-14(18)7-8-15(13)19/h7-8,10,12,16-17,20H,5-6,9,11H2,1-4H3. The first kappa shape index (κ1) is 18.8. The predicted octanol–water partition coefficient (Wildman–Crippen LogP) is 4.97. The minimum Gasteiger partial charge on any atom is -0.377 e. The van der Waals surface area contributed by atoms with Crippen molar-refractivity contribution in [1.82, 2.24) is 5.32 Å². The van der Waals surface area contributed by atoms with Crippen molar-refractivity contribution in [2.75, 3.05) is 13.2 Å². The maximum atomic E-state index is 6.31. The van der Waals surface area contributed by atoms with Crippen molar-refractivity contribution in [1.29, 1.82) is 0 Å². The molecule has 0 bridgehead atoms. The Morgan fingerprint density at radius 3 is 2.48 bits per heavy atom. The second-order valence-electron chi connectivity index (χ2n) is 5.66. The first-order valence-electron chi connectivity index (χ1n) is 7.78. The van der Waals surface area contributed by atoms with Crippen LogP contribution in [-0.2, 0) is 11.2 Å². The molecule has 4 heteroatoms. The number of hydrogen-bond donors (Lipinski definition) is 1. The summed E-state index contributed by atoms with van der Waals surface area (Å²) in [6.45, 7) is 10.3. The Balaban J connectivity index is 2.92. The maximum absolute atomic E-state index is 6.31. The van der Waals surface area contributed by atoms with Crippen molar-refractivity contribution in [3.63, 3.8) is 0 Å². The molecule has 0 aliphatic carbocycles. The molecule has 0 aliphatic rings. The predicted molar refractivity (Wildman–Crippen MR) is 92.5 cm³/mol. The molecule has 0 saturated heterocycles. The Hall–Kier alpha value is -0.280. The Labute approximate surface area is 139 Å². The van der Waals surface area contributed by atoms with Crippen molar-refractivity contribution in [3.8, 4) is 0 Å². The van der Waals surface area contributed by atoms with Crippen LogP contribution in [0.4, 0.5) is 0 Å². The quantitative estimate of drug-likeness (QED) is 0.690. The molecule has 1 aromatic rings. The molecular weight excluding hydrogens is 305 g/mol. The second-order valence-corrected chi connectivity index (χ2v) is 6.51. The molecule has 0 aromatic heterocycles. The third-order valence-corrected chi connectivity index (χ3v) is 4.12. The average Bonchev–Trinajstić information content (AvgIpc) is 2.44. The summed E-state index contributed by atoms with van der Waals surface area (Å²) < 4.78 is 5.97. The molecular formula is C17H27Cl2NO. The summed E-state index contributed by atoms with van der Waals surface area (Å²) in [5.41, 5.74) is 1.07. The molecule has 2 nitrogen and oxygen atoms in total. The zero-order chi connectivity index (χ0) is 15.8. The maximum Gasteiger partial charge on any atom is 0.0753 e. The second kappa shape index (κ2) is 9.68. The fourth-order valence-electron chi connectivity index (χ4n) is 2.54. The zero-order valence-electron chi connectivity index (χ0n) is 13.5. The summed E-state index contributed by atoms with van der Waals surface area (Å²) in [7, 11) is 0. The molecule has 21 heavy (non-hydrogen) atoms. The number of halogens is 2. The molecule has 0 spiro atoms. The lowest BCUT2D eigenvalue weighted by molar-refractivity contribution is 0.00363. The van der Waals surface area contributed by atoms with Gasteiger partial charge in [-0.2, -0.15) is 0 Å². The highest BCUT2D eigenvalue weighted by Gasteiger charge is 2.25. The van der Waals surface area contributed by atoms with Crippen LogP contribution in [0.1, 0.15) is 39.7 Å². The summed E-state index contributed by atoms with van der Waals surface area (Å²) in [5.74, 6) is 0.442. The monoisotopic (exact) mass is 331 g/mol. The van der Waals surface area contributed by atoms with Gasteiger partial charge in [0.1, 0.15) is 0 Å². The van der Waals surface area contributed by atoms with Gasteiger partial charge in [0.25, 0.3) is 0 Å². The molecule has 1 aromatic carbocycles. The summed E-state index contributed by atoms with van der Waals surface area (Å²) in [4.78, 5) is 0. The Morgan fingerprint density at radius 1 is 1.19 bits per heavy atom. The molecule has 0 aliphatic heterocycles. The first-order chi connectivity index (χ1) is 9.99. The van der Waals surface area contributed by atoms with Crippen molar-refractivity contribution in [2.45, 2.75) is 52.7 Å². The highest BCUT2D eigenvalue weighted by atomic mass is 35.5. The van der Waals surface area contributed by atoms with Gasteiger partial charge >= 0.3 is 0 Å². The summed E-state index contributed by atoms with van der Waals surface area (Å²) >= 11 is 12.4. The van der Waals surface area contributed by atoms with Gasteiger partial charge in [-0.05, 0) is 56.0 Å². The SMILES string of the molecule is CCCNC(Cc1cc(Cl)ccc1Cl)C(OCC)C(C)C. The van der Waals surface area contributed by atoms with Crippen LogP contribution in [-0.4, -0.2) is 25.3 Å². The topological polar surface area (TPSA) is 21.3 Å². The van der Waals surface area contributed by atoms with E-state index in [9.17, 15) is 0 Å². The lowest BCUT2D eigenvalue weighted by Crippen LogP contribution is -2.46. The van der Waals surface area contributed by atoms with E-state index in [0.717, 1.165) is 41.6 Å². The van der Waals surface area contributed by atoms with Gasteiger partial charge in [-0.1, -0.05) is 44.0 Å². The van der Waals surface area contributed by atoms with E-state index in [1.165, 1.54) is 0 Å². The molecule has 0 fully saturated rings. The Bertz CT molecular complexity index is 423. The molecule has 120 valence electrons. The van der Waals surface area contributed by atoms with E-state index in [0.29, 0.717) is 5.92 Å². The van der Waals surface area contributed by atoms with Crippen LogP contribution >= 0.6 is 23.2 Å². The minimum absolute atomic E-state index is 0.164. The van der Waals surface area contributed by atoms with Gasteiger partial charge < -0.3 is 10.1 Å². The molecule has 0 radical (unpaired) electrons. The fraction of sp³-hybridized carbons (Fsp3) is 0.647. The van der Waals surface area contributed by atoms with Crippen LogP contribution in [0.25, 0.3) is 0 Å². The van der Waals surface area contributed by atoms with Crippen LogP contribution in [0, 0.1) is 5.92 Å². The highest BCUT2D eigenvalue weighted by Crippen LogP contribution is 2.24. The summed E-state index contributed by atoms with van der Waals surface area (Å²) in [6.07, 6.45) is 2.08. The lowest BCUT2D eigenvalue weighted by atomic mass is 9.93. The van der Waals surface area contributed by atoms with E-state index in [4.69, 9.17) is 27.9 Å². The van der Waals surface area contributed by atoms with Crippen molar-refractivity contribution >= 4 is 23.2 Å². The number of ether oxygens (including phenoxy) is 1. The van der Waals surface area contributed by atoms with Gasteiger partial charge in [-0.25, -0.2) is 0 Å². The first-order valence-corrected chi connectivity index (χ1v) is 8.54.